The minimum atomic E-state index is 0.0744. The number of aliphatic hydroxyl groups is 1. The molecule has 0 fully saturated rings. The third kappa shape index (κ3) is 5.76. The number of rotatable bonds is 9. The van der Waals surface area contributed by atoms with Gasteiger partial charge in [-0.1, -0.05) is 36.2 Å². The summed E-state index contributed by atoms with van der Waals surface area (Å²) < 4.78 is 12.2. The van der Waals surface area contributed by atoms with Gasteiger partial charge in [0.05, 0.1) is 28.2 Å². The van der Waals surface area contributed by atoms with Gasteiger partial charge in [-0.3, -0.25) is 0 Å². The summed E-state index contributed by atoms with van der Waals surface area (Å²) in [5.74, 6) is 1.25. The lowest BCUT2D eigenvalue weighted by atomic mass is 10.1. The molecule has 0 amide bonds. The Morgan fingerprint density at radius 3 is 2.54 bits per heavy atom. The second kappa shape index (κ2) is 10.4. The van der Waals surface area contributed by atoms with Crippen LogP contribution >= 0.6 is 39.1 Å². The van der Waals surface area contributed by atoms with Gasteiger partial charge < -0.3 is 19.9 Å². The van der Waals surface area contributed by atoms with Crippen molar-refractivity contribution < 1.29 is 14.6 Å². The minimum absolute atomic E-state index is 0.0744. The first-order valence-electron chi connectivity index (χ1n) is 8.25. The molecule has 7 heteroatoms. The third-order valence-electron chi connectivity index (χ3n) is 3.96. The van der Waals surface area contributed by atoms with E-state index in [0.29, 0.717) is 34.7 Å². The van der Waals surface area contributed by atoms with E-state index in [1.54, 1.807) is 19.2 Å². The highest BCUT2D eigenvalue weighted by Gasteiger charge is 2.13. The van der Waals surface area contributed by atoms with Crippen LogP contribution in [0.5, 0.6) is 11.5 Å². The lowest BCUT2D eigenvalue weighted by Crippen LogP contribution is -2.31. The molecule has 0 heterocycles. The van der Waals surface area contributed by atoms with Gasteiger partial charge >= 0.3 is 0 Å². The van der Waals surface area contributed by atoms with Crippen LogP contribution in [0.15, 0.2) is 34.8 Å². The highest BCUT2D eigenvalue weighted by atomic mass is 79.9. The molecule has 2 aromatic carbocycles. The Kier molecular flexibility index (Phi) is 8.51. The summed E-state index contributed by atoms with van der Waals surface area (Å²) in [6.45, 7) is 3.11. The first-order chi connectivity index (χ1) is 12.5. The fourth-order valence-corrected chi connectivity index (χ4v) is 3.33. The van der Waals surface area contributed by atoms with Crippen molar-refractivity contribution in [3.05, 3.63) is 56.0 Å². The van der Waals surface area contributed by atoms with Crippen LogP contribution in [0, 0.1) is 0 Å². The Morgan fingerprint density at radius 1 is 1.15 bits per heavy atom. The molecule has 0 saturated heterocycles. The summed E-state index contributed by atoms with van der Waals surface area (Å²) in [7, 11) is 1.60. The van der Waals surface area contributed by atoms with Gasteiger partial charge in [0.15, 0.2) is 11.5 Å². The van der Waals surface area contributed by atoms with E-state index in [2.05, 4.69) is 21.2 Å². The second-order valence-electron chi connectivity index (χ2n) is 5.81. The van der Waals surface area contributed by atoms with Crippen molar-refractivity contribution in [2.45, 2.75) is 32.5 Å². The molecule has 0 spiro atoms. The van der Waals surface area contributed by atoms with E-state index in [1.165, 1.54) is 0 Å². The number of nitrogens with one attached hydrogen (secondary N) is 1. The average molecular weight is 463 g/mol. The maximum absolute atomic E-state index is 9.28. The van der Waals surface area contributed by atoms with Crippen molar-refractivity contribution in [3.63, 3.8) is 0 Å². The van der Waals surface area contributed by atoms with Crippen molar-refractivity contribution in [2.75, 3.05) is 13.7 Å². The van der Waals surface area contributed by atoms with Crippen LogP contribution in [-0.2, 0) is 13.2 Å². The molecule has 2 rings (SSSR count). The molecule has 1 atom stereocenters. The zero-order chi connectivity index (χ0) is 19.1. The molecule has 0 aliphatic rings. The van der Waals surface area contributed by atoms with Gasteiger partial charge in [-0.25, -0.2) is 0 Å². The van der Waals surface area contributed by atoms with E-state index >= 15 is 0 Å². The third-order valence-corrected chi connectivity index (χ3v) is 5.29. The number of halogens is 3. The van der Waals surface area contributed by atoms with E-state index in [1.807, 2.05) is 25.1 Å². The zero-order valence-electron chi connectivity index (χ0n) is 14.7. The zero-order valence-corrected chi connectivity index (χ0v) is 17.8. The number of aliphatic hydroxyl groups excluding tert-OH is 1. The van der Waals surface area contributed by atoms with Crippen LogP contribution in [0.1, 0.15) is 24.5 Å². The van der Waals surface area contributed by atoms with Gasteiger partial charge in [-0.05, 0) is 57.7 Å². The van der Waals surface area contributed by atoms with Gasteiger partial charge in [0, 0.05) is 12.6 Å². The first kappa shape index (κ1) is 21.3. The monoisotopic (exact) mass is 461 g/mol. The molecule has 1 unspecified atom stereocenters. The number of hydrogen-bond donors (Lipinski definition) is 2. The van der Waals surface area contributed by atoms with Gasteiger partial charge in [0.1, 0.15) is 6.61 Å². The van der Waals surface area contributed by atoms with Crippen LogP contribution in [0.4, 0.5) is 0 Å². The number of hydrogen-bond acceptors (Lipinski definition) is 4. The lowest BCUT2D eigenvalue weighted by Gasteiger charge is -2.17. The fourth-order valence-electron chi connectivity index (χ4n) is 2.40. The van der Waals surface area contributed by atoms with Gasteiger partial charge in [-0.15, -0.1) is 0 Å². The molecule has 26 heavy (non-hydrogen) atoms. The van der Waals surface area contributed by atoms with E-state index < -0.39 is 0 Å². The Bertz CT molecular complexity index is 739. The van der Waals surface area contributed by atoms with Gasteiger partial charge in [0.25, 0.3) is 0 Å². The molecule has 0 aromatic heterocycles. The maximum atomic E-state index is 9.28. The number of ether oxygens (including phenoxy) is 2. The second-order valence-corrected chi connectivity index (χ2v) is 7.48. The highest BCUT2D eigenvalue weighted by molar-refractivity contribution is 9.10. The van der Waals surface area contributed by atoms with Crippen LogP contribution in [0.2, 0.25) is 10.0 Å². The summed E-state index contributed by atoms with van der Waals surface area (Å²) >= 11 is 15.5. The standard InChI is InChI=1S/C19H22BrCl2NO3/c1-3-14(10-24)23-9-13-6-15(20)19(18(8-13)25-2)26-11-12-4-5-16(21)17(22)7-12/h4-8,14,23-24H,3,9-11H2,1-2H3. The summed E-state index contributed by atoms with van der Waals surface area (Å²) in [5, 5.41) is 13.6. The Morgan fingerprint density at radius 2 is 1.92 bits per heavy atom. The van der Waals surface area contributed by atoms with Gasteiger partial charge in [-0.2, -0.15) is 0 Å². The predicted octanol–water partition coefficient (Wildman–Crippen LogP) is 5.20. The van der Waals surface area contributed by atoms with Crippen LogP contribution in [0.3, 0.4) is 0 Å². The van der Waals surface area contributed by atoms with Crippen LogP contribution in [0.25, 0.3) is 0 Å². The van der Waals surface area contributed by atoms with E-state index in [9.17, 15) is 5.11 Å². The van der Waals surface area contributed by atoms with Crippen molar-refractivity contribution >= 4 is 39.1 Å². The fraction of sp³-hybridized carbons (Fsp3) is 0.368. The Labute approximate surface area is 172 Å². The molecule has 142 valence electrons. The van der Waals surface area contributed by atoms with E-state index in [0.717, 1.165) is 22.0 Å². The topological polar surface area (TPSA) is 50.7 Å². The van der Waals surface area contributed by atoms with Crippen molar-refractivity contribution in [2.24, 2.45) is 0 Å². The maximum Gasteiger partial charge on any atom is 0.175 e. The Balaban J connectivity index is 2.11. The normalized spacial score (nSPS) is 12.1. The molecule has 0 radical (unpaired) electrons. The molecule has 0 aliphatic carbocycles. The number of methoxy groups -OCH3 is 1. The van der Waals surface area contributed by atoms with Crippen LogP contribution in [-0.4, -0.2) is 24.9 Å². The summed E-state index contributed by atoms with van der Waals surface area (Å²) in [5.41, 5.74) is 1.94. The number of benzene rings is 2. The SMILES string of the molecule is CCC(CO)NCc1cc(Br)c(OCc2ccc(Cl)c(Cl)c2)c(OC)c1. The van der Waals surface area contributed by atoms with E-state index in [4.69, 9.17) is 32.7 Å². The first-order valence-corrected chi connectivity index (χ1v) is 9.80. The van der Waals surface area contributed by atoms with Crippen molar-refractivity contribution in [3.8, 4) is 11.5 Å². The quantitative estimate of drug-likeness (QED) is 0.537. The molecule has 2 aromatic rings. The van der Waals surface area contributed by atoms with Gasteiger partial charge in [0.2, 0.25) is 0 Å². The molecule has 0 aliphatic heterocycles. The predicted molar refractivity (Wildman–Crippen MR) is 109 cm³/mol. The molecule has 0 saturated carbocycles. The van der Waals surface area contributed by atoms with Crippen molar-refractivity contribution in [1.82, 2.24) is 5.32 Å². The summed E-state index contributed by atoms with van der Waals surface area (Å²) in [6.07, 6.45) is 0.861. The molecule has 0 bridgehead atoms. The largest absolute Gasteiger partial charge is 0.493 e. The van der Waals surface area contributed by atoms with E-state index in [-0.39, 0.29) is 12.6 Å². The van der Waals surface area contributed by atoms with Crippen LogP contribution < -0.4 is 14.8 Å². The summed E-state index contributed by atoms with van der Waals surface area (Å²) in [4.78, 5) is 0. The average Bonchev–Trinajstić information content (AvgIpc) is 2.64. The highest BCUT2D eigenvalue weighted by Crippen LogP contribution is 2.37. The lowest BCUT2D eigenvalue weighted by molar-refractivity contribution is 0.238. The van der Waals surface area contributed by atoms with Crippen molar-refractivity contribution in [1.29, 1.82) is 0 Å². The molecule has 2 N–H and O–H groups in total. The molecular formula is C19H22BrCl2NO3. The molecule has 4 nitrogen and oxygen atoms in total. The minimum Gasteiger partial charge on any atom is -0.493 e. The molecular weight excluding hydrogens is 441 g/mol. The smallest absolute Gasteiger partial charge is 0.175 e. The summed E-state index contributed by atoms with van der Waals surface area (Å²) in [6, 6.07) is 9.37. The Hall–Kier alpha value is -0.980.